The molecule has 1 fully saturated rings. The van der Waals surface area contributed by atoms with Gasteiger partial charge >= 0.3 is 0 Å². The zero-order chi connectivity index (χ0) is 10.4. The van der Waals surface area contributed by atoms with E-state index in [4.69, 9.17) is 9.15 Å². The first-order valence-electron chi connectivity index (χ1n) is 4.92. The quantitative estimate of drug-likeness (QED) is 0.836. The second-order valence-electron chi connectivity index (χ2n) is 3.78. The third-order valence-electron chi connectivity index (χ3n) is 2.59. The van der Waals surface area contributed by atoms with Crippen molar-refractivity contribution in [2.75, 3.05) is 7.11 Å². The number of fused-ring (bicyclic) bond motifs is 1. The van der Waals surface area contributed by atoms with Gasteiger partial charge in [-0.05, 0) is 25.0 Å². The van der Waals surface area contributed by atoms with Crippen molar-refractivity contribution in [1.82, 2.24) is 4.98 Å². The van der Waals surface area contributed by atoms with Crippen LogP contribution in [0.2, 0.25) is 0 Å². The van der Waals surface area contributed by atoms with Crippen molar-refractivity contribution in [2.24, 2.45) is 0 Å². The van der Waals surface area contributed by atoms with E-state index < -0.39 is 0 Å². The lowest BCUT2D eigenvalue weighted by Gasteiger charge is -1.99. The zero-order valence-electron chi connectivity index (χ0n) is 8.29. The van der Waals surface area contributed by atoms with Crippen molar-refractivity contribution in [3.8, 4) is 5.75 Å². The van der Waals surface area contributed by atoms with Crippen molar-refractivity contribution < 1.29 is 9.15 Å². The summed E-state index contributed by atoms with van der Waals surface area (Å²) in [5.41, 5.74) is 1.62. The van der Waals surface area contributed by atoms with Crippen LogP contribution in [0.1, 0.15) is 24.7 Å². The van der Waals surface area contributed by atoms with E-state index in [-0.39, 0.29) is 0 Å². The summed E-state index contributed by atoms with van der Waals surface area (Å²) in [6.07, 6.45) is 2.38. The largest absolute Gasteiger partial charge is 0.494 e. The lowest BCUT2D eigenvalue weighted by Crippen LogP contribution is -1.84. The van der Waals surface area contributed by atoms with E-state index in [1.165, 1.54) is 12.8 Å². The van der Waals surface area contributed by atoms with Crippen molar-refractivity contribution in [2.45, 2.75) is 18.8 Å². The van der Waals surface area contributed by atoms with E-state index in [2.05, 4.69) is 20.9 Å². The molecule has 0 unspecified atom stereocenters. The van der Waals surface area contributed by atoms with Crippen molar-refractivity contribution in [3.63, 3.8) is 0 Å². The van der Waals surface area contributed by atoms with E-state index in [9.17, 15) is 0 Å². The first kappa shape index (κ1) is 9.21. The van der Waals surface area contributed by atoms with Crippen LogP contribution >= 0.6 is 15.9 Å². The Labute approximate surface area is 95.6 Å². The molecule has 3 rings (SSSR count). The van der Waals surface area contributed by atoms with E-state index >= 15 is 0 Å². The van der Waals surface area contributed by atoms with Crippen molar-refractivity contribution in [3.05, 3.63) is 22.5 Å². The molecule has 0 spiro atoms. The lowest BCUT2D eigenvalue weighted by atomic mass is 10.3. The van der Waals surface area contributed by atoms with E-state index in [1.807, 2.05) is 12.1 Å². The average Bonchev–Trinajstić information content (AvgIpc) is 2.98. The molecule has 1 heterocycles. The Morgan fingerprint density at radius 3 is 2.93 bits per heavy atom. The normalized spacial score (nSPS) is 15.9. The highest BCUT2D eigenvalue weighted by Crippen LogP contribution is 2.42. The Balaban J connectivity index is 2.23. The van der Waals surface area contributed by atoms with Gasteiger partial charge in [0.15, 0.2) is 17.0 Å². The van der Waals surface area contributed by atoms with E-state index in [1.54, 1.807) is 7.11 Å². The number of oxazole rings is 1. The van der Waals surface area contributed by atoms with Gasteiger partial charge in [-0.2, -0.15) is 0 Å². The van der Waals surface area contributed by atoms with Crippen LogP contribution in [0.4, 0.5) is 0 Å². The number of nitrogens with zero attached hydrogens (tertiary/aromatic N) is 1. The van der Waals surface area contributed by atoms with Gasteiger partial charge < -0.3 is 9.15 Å². The van der Waals surface area contributed by atoms with Gasteiger partial charge in [0, 0.05) is 10.4 Å². The molecule has 0 radical (unpaired) electrons. The predicted octanol–water partition coefficient (Wildman–Crippen LogP) is 3.48. The standard InChI is InChI=1S/C11H10BrNO2/c1-14-8-4-7(12)5-9-10(8)13-11(15-9)6-2-3-6/h4-6H,2-3H2,1H3. The van der Waals surface area contributed by atoms with Gasteiger partial charge in [-0.15, -0.1) is 0 Å². The van der Waals surface area contributed by atoms with Crippen LogP contribution in [0.5, 0.6) is 5.75 Å². The topological polar surface area (TPSA) is 35.3 Å². The molecule has 0 aliphatic heterocycles. The van der Waals surface area contributed by atoms with Crippen molar-refractivity contribution >= 4 is 27.0 Å². The molecule has 0 amide bonds. The van der Waals surface area contributed by atoms with Crippen LogP contribution in [-0.4, -0.2) is 12.1 Å². The molecule has 0 atom stereocenters. The molecule has 1 aromatic carbocycles. The lowest BCUT2D eigenvalue weighted by molar-refractivity contribution is 0.418. The summed E-state index contributed by atoms with van der Waals surface area (Å²) in [6, 6.07) is 3.83. The third kappa shape index (κ3) is 1.53. The fourth-order valence-corrected chi connectivity index (χ4v) is 2.06. The smallest absolute Gasteiger partial charge is 0.198 e. The molecule has 1 saturated carbocycles. The Morgan fingerprint density at radius 1 is 1.47 bits per heavy atom. The highest BCUT2D eigenvalue weighted by atomic mass is 79.9. The fraction of sp³-hybridized carbons (Fsp3) is 0.364. The highest BCUT2D eigenvalue weighted by molar-refractivity contribution is 9.10. The van der Waals surface area contributed by atoms with E-state index in [0.29, 0.717) is 5.92 Å². The molecule has 3 nitrogen and oxygen atoms in total. The molecule has 1 aliphatic rings. The van der Waals surface area contributed by atoms with E-state index in [0.717, 1.165) is 27.2 Å². The number of benzene rings is 1. The predicted molar refractivity (Wildman–Crippen MR) is 60.2 cm³/mol. The van der Waals surface area contributed by atoms with Gasteiger partial charge in [0.1, 0.15) is 5.75 Å². The molecule has 15 heavy (non-hydrogen) atoms. The van der Waals surface area contributed by atoms with Crippen LogP contribution in [0.25, 0.3) is 11.1 Å². The summed E-state index contributed by atoms with van der Waals surface area (Å²) in [5.74, 6) is 2.14. The maximum Gasteiger partial charge on any atom is 0.198 e. The van der Waals surface area contributed by atoms with Gasteiger partial charge in [-0.1, -0.05) is 15.9 Å². The fourth-order valence-electron chi connectivity index (χ4n) is 1.64. The number of aromatic nitrogens is 1. The highest BCUT2D eigenvalue weighted by Gasteiger charge is 2.29. The minimum absolute atomic E-state index is 0.529. The second-order valence-corrected chi connectivity index (χ2v) is 4.70. The minimum atomic E-state index is 0.529. The minimum Gasteiger partial charge on any atom is -0.494 e. The first-order chi connectivity index (χ1) is 7.28. The average molecular weight is 268 g/mol. The molecular weight excluding hydrogens is 258 g/mol. The Bertz CT molecular complexity index is 517. The molecule has 4 heteroatoms. The summed E-state index contributed by atoms with van der Waals surface area (Å²) >= 11 is 3.42. The molecule has 0 bridgehead atoms. The summed E-state index contributed by atoms with van der Waals surface area (Å²) in [7, 11) is 1.65. The molecule has 2 aromatic rings. The van der Waals surface area contributed by atoms with Crippen LogP contribution in [0.3, 0.4) is 0 Å². The van der Waals surface area contributed by atoms with Crippen LogP contribution in [-0.2, 0) is 0 Å². The molecule has 78 valence electrons. The third-order valence-corrected chi connectivity index (χ3v) is 3.05. The number of hydrogen-bond acceptors (Lipinski definition) is 3. The first-order valence-corrected chi connectivity index (χ1v) is 5.71. The number of rotatable bonds is 2. The number of methoxy groups -OCH3 is 1. The van der Waals surface area contributed by atoms with Crippen LogP contribution in [0, 0.1) is 0 Å². The number of ether oxygens (including phenoxy) is 1. The molecule has 0 N–H and O–H groups in total. The molecule has 1 aromatic heterocycles. The number of hydrogen-bond donors (Lipinski definition) is 0. The Hall–Kier alpha value is -1.03. The second kappa shape index (κ2) is 3.23. The van der Waals surface area contributed by atoms with Gasteiger partial charge in [0.05, 0.1) is 7.11 Å². The summed E-state index contributed by atoms with van der Waals surface area (Å²) < 4.78 is 11.9. The Kier molecular flexibility index (Phi) is 1.99. The monoisotopic (exact) mass is 267 g/mol. The van der Waals surface area contributed by atoms with Crippen LogP contribution in [0.15, 0.2) is 21.0 Å². The Morgan fingerprint density at radius 2 is 2.27 bits per heavy atom. The SMILES string of the molecule is COc1cc(Br)cc2oc(C3CC3)nc12. The van der Waals surface area contributed by atoms with Crippen molar-refractivity contribution in [1.29, 1.82) is 0 Å². The maximum absolute atomic E-state index is 5.69. The van der Waals surface area contributed by atoms with Gasteiger partial charge in [0.2, 0.25) is 0 Å². The van der Waals surface area contributed by atoms with Crippen LogP contribution < -0.4 is 4.74 Å². The number of halogens is 1. The summed E-state index contributed by atoms with van der Waals surface area (Å²) in [5, 5.41) is 0. The van der Waals surface area contributed by atoms with Gasteiger partial charge in [-0.3, -0.25) is 0 Å². The van der Waals surface area contributed by atoms with Gasteiger partial charge in [-0.25, -0.2) is 4.98 Å². The molecular formula is C11H10BrNO2. The molecule has 1 aliphatic carbocycles. The molecule has 0 saturated heterocycles. The van der Waals surface area contributed by atoms with Gasteiger partial charge in [0.25, 0.3) is 0 Å². The maximum atomic E-state index is 5.69. The summed E-state index contributed by atoms with van der Waals surface area (Å²) in [6.45, 7) is 0. The summed E-state index contributed by atoms with van der Waals surface area (Å²) in [4.78, 5) is 4.47. The zero-order valence-corrected chi connectivity index (χ0v) is 9.87.